The van der Waals surface area contributed by atoms with Gasteiger partial charge >= 0.3 is 0 Å². The number of halogens is 2. The van der Waals surface area contributed by atoms with Crippen molar-refractivity contribution in [1.82, 2.24) is 9.88 Å². The number of alkyl halides is 2. The first-order valence-corrected chi connectivity index (χ1v) is 9.49. The highest BCUT2D eigenvalue weighted by molar-refractivity contribution is 6.24. The molecule has 7 nitrogen and oxygen atoms in total. The average molecular weight is 411 g/mol. The van der Waals surface area contributed by atoms with Crippen molar-refractivity contribution in [3.8, 4) is 0 Å². The van der Waals surface area contributed by atoms with E-state index in [2.05, 4.69) is 22.6 Å². The number of carbonyl (C=O) groups excluding carboxylic acids is 2. The third-order valence-corrected chi connectivity index (χ3v) is 5.15. The Hall–Kier alpha value is -2.68. The van der Waals surface area contributed by atoms with Crippen molar-refractivity contribution in [3.63, 3.8) is 0 Å². The van der Waals surface area contributed by atoms with Gasteiger partial charge in [0, 0.05) is 28.6 Å². The van der Waals surface area contributed by atoms with E-state index in [4.69, 9.17) is 5.41 Å². The van der Waals surface area contributed by atoms with Crippen LogP contribution < -0.4 is 11.1 Å². The highest BCUT2D eigenvalue weighted by Crippen LogP contribution is 2.39. The van der Waals surface area contributed by atoms with Crippen LogP contribution in [0.2, 0.25) is 0 Å². The zero-order valence-corrected chi connectivity index (χ0v) is 16.4. The molecule has 1 aromatic heterocycles. The largest absolute Gasteiger partial charge is 0.365 e. The van der Waals surface area contributed by atoms with Crippen molar-refractivity contribution in [2.75, 3.05) is 18.4 Å². The van der Waals surface area contributed by atoms with Gasteiger partial charge in [0.15, 0.2) is 0 Å². The summed E-state index contributed by atoms with van der Waals surface area (Å²) in [4.78, 5) is 27.8. The van der Waals surface area contributed by atoms with Gasteiger partial charge in [-0.15, -0.1) is 6.58 Å². The van der Waals surface area contributed by atoms with Crippen LogP contribution in [0.4, 0.5) is 14.6 Å². The first-order valence-electron chi connectivity index (χ1n) is 9.49. The van der Waals surface area contributed by atoms with Gasteiger partial charge in [-0.1, -0.05) is 12.1 Å². The lowest BCUT2D eigenvalue weighted by atomic mass is 9.92. The monoisotopic (exact) mass is 411 g/mol. The van der Waals surface area contributed by atoms with Crippen LogP contribution in [0.3, 0.4) is 0 Å². The second kappa shape index (κ2) is 9.69. The molecular weight excluding hydrogens is 380 g/mol. The van der Waals surface area contributed by atoms with E-state index < -0.39 is 23.8 Å². The molecule has 0 unspecified atom stereocenters. The van der Waals surface area contributed by atoms with Crippen LogP contribution in [-0.2, 0) is 9.59 Å². The standard InChI is InChI=1S/C18H23F2N3O.C2H4N2O.2H2/c1-3-15-11-23(9-8-18(15,19)20)12(2)17(24)22-16-7-6-14(10-21-16)13-4-5-13;3-1-2(4)5;;/h3,6-7,10,12-13,15H,1,4-5,8-9,11H2,2H3,(H,21,22,24);1,3H,(H2,4,5);2*1H/t12-,15-;;;/m0.../s1. The Labute approximate surface area is 171 Å². The van der Waals surface area contributed by atoms with Crippen molar-refractivity contribution in [1.29, 1.82) is 5.41 Å². The molecule has 162 valence electrons. The highest BCUT2D eigenvalue weighted by atomic mass is 19.3. The number of pyridine rings is 1. The molecule has 1 aromatic rings. The van der Waals surface area contributed by atoms with E-state index in [1.54, 1.807) is 24.1 Å². The maximum Gasteiger partial charge on any atom is 0.259 e. The lowest BCUT2D eigenvalue weighted by Crippen LogP contribution is -2.52. The third-order valence-electron chi connectivity index (χ3n) is 5.15. The molecule has 2 heterocycles. The number of amides is 2. The number of nitrogens with zero attached hydrogens (tertiary/aromatic N) is 2. The second-order valence-corrected chi connectivity index (χ2v) is 7.31. The Kier molecular flexibility index (Phi) is 7.55. The van der Waals surface area contributed by atoms with E-state index in [-0.39, 0.29) is 28.3 Å². The molecule has 1 aliphatic carbocycles. The molecule has 3 rings (SSSR count). The molecule has 2 amide bonds. The van der Waals surface area contributed by atoms with E-state index in [1.165, 1.54) is 24.5 Å². The van der Waals surface area contributed by atoms with Crippen LogP contribution in [0, 0.1) is 11.3 Å². The number of hydrogen-bond acceptors (Lipinski definition) is 5. The fourth-order valence-corrected chi connectivity index (χ4v) is 3.09. The molecule has 0 spiro atoms. The third kappa shape index (κ3) is 6.42. The van der Waals surface area contributed by atoms with E-state index in [0.717, 1.165) is 0 Å². The number of rotatable bonds is 6. The number of likely N-dealkylation sites (tertiary alicyclic amines) is 1. The van der Waals surface area contributed by atoms with Crippen LogP contribution in [0.5, 0.6) is 0 Å². The summed E-state index contributed by atoms with van der Waals surface area (Å²) in [7, 11) is 0. The summed E-state index contributed by atoms with van der Waals surface area (Å²) in [6.45, 7) is 5.56. The first-order chi connectivity index (χ1) is 13.7. The maximum atomic E-state index is 13.8. The highest BCUT2D eigenvalue weighted by Gasteiger charge is 2.43. The Morgan fingerprint density at radius 2 is 2.14 bits per heavy atom. The predicted molar refractivity (Wildman–Crippen MR) is 111 cm³/mol. The Bertz CT molecular complexity index is 760. The van der Waals surface area contributed by atoms with Crippen molar-refractivity contribution in [3.05, 3.63) is 36.5 Å². The number of primary amides is 1. The van der Waals surface area contributed by atoms with E-state index in [1.807, 2.05) is 6.07 Å². The van der Waals surface area contributed by atoms with Crippen molar-refractivity contribution >= 4 is 23.8 Å². The lowest BCUT2D eigenvalue weighted by Gasteiger charge is -2.39. The van der Waals surface area contributed by atoms with Gasteiger partial charge in [-0.25, -0.2) is 13.8 Å². The lowest BCUT2D eigenvalue weighted by molar-refractivity contribution is -0.127. The average Bonchev–Trinajstić information content (AvgIpc) is 3.53. The van der Waals surface area contributed by atoms with Crippen LogP contribution >= 0.6 is 0 Å². The SMILES string of the molecule is C=C[C@H]1CN([C@@H](C)C(=O)Nc2ccc(C3CC3)cn2)CCC1(F)F.N=CC(N)=O.[HH].[HH]. The Balaban J connectivity index is 0.00000116. The van der Waals surface area contributed by atoms with Gasteiger partial charge in [-0.05, 0) is 37.3 Å². The number of aromatic nitrogens is 1. The molecular formula is C20H31F2N5O2. The first kappa shape index (κ1) is 22.6. The summed E-state index contributed by atoms with van der Waals surface area (Å²) >= 11 is 0. The predicted octanol–water partition coefficient (Wildman–Crippen LogP) is 3.04. The fraction of sp³-hybridized carbons (Fsp3) is 0.500. The minimum absolute atomic E-state index is 0. The second-order valence-electron chi connectivity index (χ2n) is 7.31. The number of carbonyl (C=O) groups is 2. The zero-order chi connectivity index (χ0) is 21.6. The van der Waals surface area contributed by atoms with Crippen LogP contribution in [0.25, 0.3) is 0 Å². The van der Waals surface area contributed by atoms with Crippen molar-refractivity contribution in [2.45, 2.75) is 44.1 Å². The van der Waals surface area contributed by atoms with Crippen LogP contribution in [0.15, 0.2) is 31.0 Å². The molecule has 0 bridgehead atoms. The smallest absolute Gasteiger partial charge is 0.259 e. The molecule has 9 heteroatoms. The van der Waals surface area contributed by atoms with Gasteiger partial charge < -0.3 is 16.5 Å². The number of anilines is 1. The quantitative estimate of drug-likeness (QED) is 0.493. The maximum absolute atomic E-state index is 13.8. The minimum atomic E-state index is -2.74. The Morgan fingerprint density at radius 3 is 2.62 bits per heavy atom. The molecule has 29 heavy (non-hydrogen) atoms. The molecule has 1 saturated heterocycles. The molecule has 2 fully saturated rings. The van der Waals surface area contributed by atoms with Gasteiger partial charge in [0.1, 0.15) is 5.82 Å². The number of nitrogens with one attached hydrogen (secondary N) is 2. The molecule has 2 atom stereocenters. The van der Waals surface area contributed by atoms with Crippen molar-refractivity contribution in [2.24, 2.45) is 11.7 Å². The molecule has 0 radical (unpaired) electrons. The number of nitrogens with two attached hydrogens (primary N) is 1. The van der Waals surface area contributed by atoms with Gasteiger partial charge in [-0.2, -0.15) is 0 Å². The minimum Gasteiger partial charge on any atom is -0.365 e. The molecule has 1 saturated carbocycles. The van der Waals surface area contributed by atoms with E-state index in [9.17, 15) is 18.4 Å². The van der Waals surface area contributed by atoms with Crippen molar-refractivity contribution < 1.29 is 21.2 Å². The van der Waals surface area contributed by atoms with E-state index >= 15 is 0 Å². The van der Waals surface area contributed by atoms with Gasteiger partial charge in [0.25, 0.3) is 11.8 Å². The van der Waals surface area contributed by atoms with Gasteiger partial charge in [0.05, 0.1) is 18.2 Å². The van der Waals surface area contributed by atoms with Crippen LogP contribution in [0.1, 0.15) is 40.5 Å². The Morgan fingerprint density at radius 1 is 1.48 bits per heavy atom. The topological polar surface area (TPSA) is 112 Å². The summed E-state index contributed by atoms with van der Waals surface area (Å²) in [5, 5.41) is 8.83. The zero-order valence-electron chi connectivity index (χ0n) is 16.4. The van der Waals surface area contributed by atoms with Gasteiger partial charge in [0.2, 0.25) is 5.91 Å². The number of piperidine rings is 1. The summed E-state index contributed by atoms with van der Waals surface area (Å²) < 4.78 is 27.5. The van der Waals surface area contributed by atoms with Gasteiger partial charge in [-0.3, -0.25) is 14.5 Å². The van der Waals surface area contributed by atoms with Crippen LogP contribution in [-0.4, -0.2) is 53.0 Å². The summed E-state index contributed by atoms with van der Waals surface area (Å²) in [6, 6.07) is 3.29. The molecule has 1 aliphatic heterocycles. The fourth-order valence-electron chi connectivity index (χ4n) is 3.09. The normalized spacial score (nSPS) is 21.8. The molecule has 0 aromatic carbocycles. The molecule has 4 N–H and O–H groups in total. The van der Waals surface area contributed by atoms with E-state index in [0.29, 0.717) is 18.0 Å². The summed E-state index contributed by atoms with van der Waals surface area (Å²) in [5.74, 6) is -3.47. The molecule has 2 aliphatic rings. The summed E-state index contributed by atoms with van der Waals surface area (Å²) in [5.41, 5.74) is 5.61. The summed E-state index contributed by atoms with van der Waals surface area (Å²) in [6.07, 6.45) is 5.79. The number of hydrogen-bond donors (Lipinski definition) is 3.